The van der Waals surface area contributed by atoms with E-state index in [1.807, 2.05) is 0 Å². The maximum Gasteiger partial charge on any atom is 0.305 e. The van der Waals surface area contributed by atoms with Gasteiger partial charge in [-0.3, -0.25) is 4.79 Å². The highest BCUT2D eigenvalue weighted by Crippen LogP contribution is 2.13. The summed E-state index contributed by atoms with van der Waals surface area (Å²) in [5, 5.41) is 21.2. The van der Waals surface area contributed by atoms with Crippen molar-refractivity contribution in [2.45, 2.75) is 122 Å². The van der Waals surface area contributed by atoms with Gasteiger partial charge in [-0.15, -0.1) is 0 Å². The van der Waals surface area contributed by atoms with Gasteiger partial charge in [0.1, 0.15) is 18.8 Å². The molecule has 0 aliphatic rings. The molecule has 0 amide bonds. The number of carboxylic acids is 1. The zero-order valence-electron chi connectivity index (χ0n) is 26.0. The minimum atomic E-state index is -1.12. The van der Waals surface area contributed by atoms with E-state index < -0.39 is 18.1 Å². The lowest BCUT2D eigenvalue weighted by Gasteiger charge is -2.34. The Bertz CT molecular complexity index is 710. The number of carbonyl (C=O) groups excluding carboxylic acids is 2. The Morgan fingerprint density at radius 2 is 1.30 bits per heavy atom. The number of hydrogen-bond acceptors (Lipinski definition) is 6. The standard InChI is InChI=1S/C33H59NO6/c1-5-6-7-8-9-10-11-12-13-14-15-16-17-18-19-20-21-22-23-24-25-32(36)40-29-30(35)28-39-27-26-31(33(37)38)34(2,3)4/h6-7,9-10,12-13,30-31,35H,5,8,11,14-29H2,1-4H3/b7-6+,10-9+,13-12+. The van der Waals surface area contributed by atoms with Crippen LogP contribution in [0.2, 0.25) is 0 Å². The van der Waals surface area contributed by atoms with Crippen LogP contribution in [-0.2, 0) is 19.1 Å². The predicted molar refractivity (Wildman–Crippen MR) is 162 cm³/mol. The topological polar surface area (TPSA) is 95.9 Å². The van der Waals surface area contributed by atoms with Gasteiger partial charge in [-0.2, -0.15) is 0 Å². The third-order valence-corrected chi connectivity index (χ3v) is 6.77. The van der Waals surface area contributed by atoms with Gasteiger partial charge in [0.05, 0.1) is 40.3 Å². The van der Waals surface area contributed by atoms with E-state index in [0.29, 0.717) is 6.42 Å². The highest BCUT2D eigenvalue weighted by Gasteiger charge is 2.24. The minimum absolute atomic E-state index is 0.00329. The Morgan fingerprint density at radius 1 is 0.775 bits per heavy atom. The number of nitrogens with zero attached hydrogens (tertiary/aromatic N) is 1. The number of likely N-dealkylation sites (N-methyl/N-ethyl adjacent to an activating group) is 1. The number of unbranched alkanes of at least 4 members (excludes halogenated alkanes) is 10. The van der Waals surface area contributed by atoms with Crippen molar-refractivity contribution in [3.8, 4) is 0 Å². The molecule has 0 rings (SSSR count). The molecule has 0 aliphatic carbocycles. The molecule has 232 valence electrons. The number of rotatable bonds is 27. The molecule has 1 N–H and O–H groups in total. The Labute approximate surface area is 244 Å². The van der Waals surface area contributed by atoms with Crippen molar-refractivity contribution in [2.75, 3.05) is 41.0 Å². The van der Waals surface area contributed by atoms with E-state index in [4.69, 9.17) is 9.47 Å². The second-order valence-corrected chi connectivity index (χ2v) is 11.5. The van der Waals surface area contributed by atoms with Gasteiger partial charge >= 0.3 is 5.97 Å². The van der Waals surface area contributed by atoms with E-state index in [2.05, 4.69) is 43.4 Å². The van der Waals surface area contributed by atoms with Crippen LogP contribution >= 0.6 is 0 Å². The number of aliphatic hydroxyl groups is 1. The smallest absolute Gasteiger partial charge is 0.305 e. The van der Waals surface area contributed by atoms with Crippen molar-refractivity contribution in [3.63, 3.8) is 0 Å². The van der Waals surface area contributed by atoms with Crippen molar-refractivity contribution in [3.05, 3.63) is 36.5 Å². The fourth-order valence-corrected chi connectivity index (χ4v) is 4.32. The second-order valence-electron chi connectivity index (χ2n) is 11.5. The number of hydrogen-bond donors (Lipinski definition) is 1. The predicted octanol–water partition coefficient (Wildman–Crippen LogP) is 5.66. The summed E-state index contributed by atoms with van der Waals surface area (Å²) < 4.78 is 10.7. The maximum atomic E-state index is 11.9. The Morgan fingerprint density at radius 3 is 1.85 bits per heavy atom. The summed E-state index contributed by atoms with van der Waals surface area (Å²) in [7, 11) is 5.35. The first-order valence-electron chi connectivity index (χ1n) is 15.6. The molecule has 0 bridgehead atoms. The first-order chi connectivity index (χ1) is 19.2. The highest BCUT2D eigenvalue weighted by atomic mass is 16.5. The Kier molecular flexibility index (Phi) is 24.7. The normalized spacial score (nSPS) is 13.9. The number of aliphatic carboxylic acids is 1. The average Bonchev–Trinajstić information content (AvgIpc) is 2.89. The molecule has 0 aliphatic heterocycles. The van der Waals surface area contributed by atoms with Gasteiger partial charge in [0.2, 0.25) is 0 Å². The fraction of sp³-hybridized carbons (Fsp3) is 0.758. The molecule has 40 heavy (non-hydrogen) atoms. The molecule has 0 saturated heterocycles. The van der Waals surface area contributed by atoms with Gasteiger partial charge in [0.15, 0.2) is 0 Å². The lowest BCUT2D eigenvalue weighted by atomic mass is 10.1. The van der Waals surface area contributed by atoms with Crippen LogP contribution in [-0.4, -0.2) is 74.6 Å². The van der Waals surface area contributed by atoms with E-state index in [0.717, 1.165) is 38.5 Å². The summed E-state index contributed by atoms with van der Waals surface area (Å²) in [6.45, 7) is 2.23. The summed E-state index contributed by atoms with van der Waals surface area (Å²) in [6.07, 6.45) is 29.5. The maximum absolute atomic E-state index is 11.9. The number of esters is 1. The molecule has 7 nitrogen and oxygen atoms in total. The monoisotopic (exact) mass is 565 g/mol. The van der Waals surface area contributed by atoms with Gasteiger partial charge in [-0.1, -0.05) is 94.7 Å². The first kappa shape index (κ1) is 38.0. The van der Waals surface area contributed by atoms with Gasteiger partial charge in [-0.25, -0.2) is 0 Å². The molecular weight excluding hydrogens is 506 g/mol. The summed E-state index contributed by atoms with van der Waals surface area (Å²) in [5.41, 5.74) is 0. The molecule has 0 aromatic heterocycles. The minimum Gasteiger partial charge on any atom is -0.544 e. The average molecular weight is 566 g/mol. The lowest BCUT2D eigenvalue weighted by Crippen LogP contribution is -2.55. The van der Waals surface area contributed by atoms with Gasteiger partial charge < -0.3 is 29.0 Å². The summed E-state index contributed by atoms with van der Waals surface area (Å²) in [6, 6.07) is -0.686. The number of quaternary nitrogens is 1. The molecule has 2 atom stereocenters. The Balaban J connectivity index is 3.51. The number of aliphatic hydroxyl groups excluding tert-OH is 1. The van der Waals surface area contributed by atoms with Crippen molar-refractivity contribution in [2.24, 2.45) is 0 Å². The van der Waals surface area contributed by atoms with E-state index in [9.17, 15) is 19.8 Å². The zero-order valence-corrected chi connectivity index (χ0v) is 26.0. The van der Waals surface area contributed by atoms with Gasteiger partial charge in [-0.05, 0) is 38.5 Å². The number of carboxylic acid groups (broad SMARTS) is 1. The van der Waals surface area contributed by atoms with Crippen LogP contribution in [0.4, 0.5) is 0 Å². The molecule has 2 unspecified atom stereocenters. The van der Waals surface area contributed by atoms with Crippen LogP contribution in [0.1, 0.15) is 110 Å². The van der Waals surface area contributed by atoms with E-state index in [1.54, 1.807) is 21.1 Å². The highest BCUT2D eigenvalue weighted by molar-refractivity contribution is 5.69. The molecule has 7 heteroatoms. The van der Waals surface area contributed by atoms with Gasteiger partial charge in [0.25, 0.3) is 0 Å². The molecule has 0 fully saturated rings. The van der Waals surface area contributed by atoms with E-state index in [-0.39, 0.29) is 36.7 Å². The van der Waals surface area contributed by atoms with Gasteiger partial charge in [0, 0.05) is 12.8 Å². The molecular formula is C33H59NO6. The molecule has 0 aromatic carbocycles. The third-order valence-electron chi connectivity index (χ3n) is 6.77. The first-order valence-corrected chi connectivity index (χ1v) is 15.6. The van der Waals surface area contributed by atoms with Crippen molar-refractivity contribution in [1.29, 1.82) is 0 Å². The second kappa shape index (κ2) is 26.0. The fourth-order valence-electron chi connectivity index (χ4n) is 4.32. The number of allylic oxidation sites excluding steroid dienone is 6. The van der Waals surface area contributed by atoms with E-state index in [1.165, 1.54) is 51.4 Å². The van der Waals surface area contributed by atoms with Crippen molar-refractivity contribution < 1.29 is 33.8 Å². The van der Waals surface area contributed by atoms with Crippen LogP contribution < -0.4 is 5.11 Å². The van der Waals surface area contributed by atoms with Crippen LogP contribution in [0.25, 0.3) is 0 Å². The Hall–Kier alpha value is -1.96. The van der Waals surface area contributed by atoms with Crippen LogP contribution in [0.5, 0.6) is 0 Å². The number of ether oxygens (including phenoxy) is 2. The lowest BCUT2D eigenvalue weighted by molar-refractivity contribution is -0.889. The van der Waals surface area contributed by atoms with Crippen LogP contribution in [0.15, 0.2) is 36.5 Å². The van der Waals surface area contributed by atoms with E-state index >= 15 is 0 Å². The summed E-state index contributed by atoms with van der Waals surface area (Å²) in [5.74, 6) is -1.42. The third kappa shape index (κ3) is 25.0. The quantitative estimate of drug-likeness (QED) is 0.0597. The summed E-state index contributed by atoms with van der Waals surface area (Å²) in [4.78, 5) is 23.1. The molecule has 0 aromatic rings. The molecule has 0 heterocycles. The van der Waals surface area contributed by atoms with Crippen LogP contribution in [0, 0.1) is 0 Å². The molecule has 0 saturated carbocycles. The van der Waals surface area contributed by atoms with Crippen LogP contribution in [0.3, 0.4) is 0 Å². The van der Waals surface area contributed by atoms with Crippen molar-refractivity contribution >= 4 is 11.9 Å². The SMILES string of the molecule is CC/C=C/C/C=C/C/C=C/CCCCCCCCCCCCC(=O)OCC(O)COCCC(C(=O)[O-])[N+](C)(C)C. The number of carbonyl (C=O) groups is 2. The molecule has 0 radical (unpaired) electrons. The summed E-state index contributed by atoms with van der Waals surface area (Å²) >= 11 is 0. The largest absolute Gasteiger partial charge is 0.544 e. The molecule has 0 spiro atoms. The zero-order chi connectivity index (χ0) is 29.9. The van der Waals surface area contributed by atoms with Crippen molar-refractivity contribution in [1.82, 2.24) is 0 Å².